The molecule has 0 amide bonds. The molecule has 4 bridgehead atoms. The van der Waals surface area contributed by atoms with Gasteiger partial charge in [-0.05, 0) is 114 Å². The lowest BCUT2D eigenvalue weighted by molar-refractivity contribution is -0.00627. The van der Waals surface area contributed by atoms with Crippen LogP contribution in [0.4, 0.5) is 0 Å². The smallest absolute Gasteiger partial charge is 0.335 e. The van der Waals surface area contributed by atoms with Gasteiger partial charge in [-0.15, -0.1) is 0 Å². The highest BCUT2D eigenvalue weighted by Gasteiger charge is 2.52. The summed E-state index contributed by atoms with van der Waals surface area (Å²) in [7, 11) is 1.66. The predicted molar refractivity (Wildman–Crippen MR) is 124 cm³/mol. The van der Waals surface area contributed by atoms with Crippen molar-refractivity contribution in [2.75, 3.05) is 7.11 Å². The average Bonchev–Trinajstić information content (AvgIpc) is 2.77. The van der Waals surface area contributed by atoms with Crippen molar-refractivity contribution in [3.05, 3.63) is 59.7 Å². The molecule has 4 saturated carbocycles. The highest BCUT2D eigenvalue weighted by atomic mass is 16.5. The minimum absolute atomic E-state index is 0.112. The predicted octanol–water partition coefficient (Wildman–Crippen LogP) is 6.39. The van der Waals surface area contributed by atoms with Crippen LogP contribution in [0.25, 0.3) is 21.9 Å². The first-order valence-electron chi connectivity index (χ1n) is 11.6. The number of hydrogen-bond acceptors (Lipinski definition) is 3. The molecule has 4 heteroatoms. The molecule has 4 aliphatic rings. The van der Waals surface area contributed by atoms with Gasteiger partial charge in [0.15, 0.2) is 11.5 Å². The van der Waals surface area contributed by atoms with Crippen molar-refractivity contribution < 1.29 is 19.7 Å². The van der Waals surface area contributed by atoms with Gasteiger partial charge < -0.3 is 14.9 Å². The molecule has 3 aromatic carbocycles. The SMILES string of the molecule is COc1c(O)cc(-c2ccc3cc(C(=O)O)ccc3c2)cc1C12CC3CC(CC(C3)C1)C2. The second kappa shape index (κ2) is 6.99. The fraction of sp³-hybridized carbons (Fsp3) is 0.393. The molecule has 0 heterocycles. The molecule has 0 aliphatic heterocycles. The van der Waals surface area contributed by atoms with E-state index >= 15 is 0 Å². The summed E-state index contributed by atoms with van der Waals surface area (Å²) in [5.41, 5.74) is 3.58. The molecule has 32 heavy (non-hydrogen) atoms. The number of aromatic hydroxyl groups is 1. The van der Waals surface area contributed by atoms with Crippen molar-refractivity contribution in [1.29, 1.82) is 0 Å². The highest BCUT2D eigenvalue weighted by Crippen LogP contribution is 2.62. The van der Waals surface area contributed by atoms with Crippen LogP contribution in [0, 0.1) is 17.8 Å². The Morgan fingerprint density at radius 2 is 1.50 bits per heavy atom. The van der Waals surface area contributed by atoms with E-state index in [-0.39, 0.29) is 16.7 Å². The Balaban J connectivity index is 1.46. The number of carboxylic acids is 1. The molecule has 0 spiro atoms. The zero-order chi connectivity index (χ0) is 22.0. The number of methoxy groups -OCH3 is 1. The molecular formula is C28H28O4. The molecule has 0 unspecified atom stereocenters. The third kappa shape index (κ3) is 3.00. The lowest BCUT2D eigenvalue weighted by Gasteiger charge is -2.57. The Hall–Kier alpha value is -3.01. The highest BCUT2D eigenvalue weighted by molar-refractivity contribution is 5.95. The number of benzene rings is 3. The van der Waals surface area contributed by atoms with E-state index in [2.05, 4.69) is 12.1 Å². The summed E-state index contributed by atoms with van der Waals surface area (Å²) >= 11 is 0. The summed E-state index contributed by atoms with van der Waals surface area (Å²) in [6.07, 6.45) is 7.72. The number of phenolic OH excluding ortho intramolecular Hbond substituents is 1. The van der Waals surface area contributed by atoms with Crippen LogP contribution in [-0.4, -0.2) is 23.3 Å². The van der Waals surface area contributed by atoms with Crippen LogP contribution >= 0.6 is 0 Å². The first-order chi connectivity index (χ1) is 15.4. The number of fused-ring (bicyclic) bond motifs is 1. The van der Waals surface area contributed by atoms with Gasteiger partial charge in [-0.25, -0.2) is 4.79 Å². The summed E-state index contributed by atoms with van der Waals surface area (Å²) in [5, 5.41) is 22.1. The Morgan fingerprint density at radius 1 is 0.875 bits per heavy atom. The molecule has 0 saturated heterocycles. The van der Waals surface area contributed by atoms with Crippen LogP contribution in [-0.2, 0) is 5.41 Å². The number of ether oxygens (including phenoxy) is 1. The Kier molecular flexibility index (Phi) is 4.30. The third-order valence-corrected chi connectivity index (χ3v) is 8.30. The van der Waals surface area contributed by atoms with Crippen LogP contribution in [0.15, 0.2) is 48.5 Å². The van der Waals surface area contributed by atoms with E-state index in [0.717, 1.165) is 39.7 Å². The molecule has 0 atom stereocenters. The third-order valence-electron chi connectivity index (χ3n) is 8.30. The van der Waals surface area contributed by atoms with Crippen LogP contribution in [0.2, 0.25) is 0 Å². The minimum atomic E-state index is -0.920. The summed E-state index contributed by atoms with van der Waals surface area (Å²) in [4.78, 5) is 11.3. The molecule has 164 valence electrons. The molecule has 4 nitrogen and oxygen atoms in total. The summed E-state index contributed by atoms with van der Waals surface area (Å²) in [6, 6.07) is 15.3. The van der Waals surface area contributed by atoms with Crippen LogP contribution in [0.3, 0.4) is 0 Å². The molecular weight excluding hydrogens is 400 g/mol. The fourth-order valence-corrected chi connectivity index (χ4v) is 7.39. The number of aromatic carboxylic acids is 1. The summed E-state index contributed by atoms with van der Waals surface area (Å²) in [6.45, 7) is 0. The van der Waals surface area contributed by atoms with Gasteiger partial charge in [-0.3, -0.25) is 0 Å². The van der Waals surface area contributed by atoms with Gasteiger partial charge in [0, 0.05) is 5.56 Å². The van der Waals surface area contributed by atoms with Crippen LogP contribution in [0.1, 0.15) is 54.4 Å². The van der Waals surface area contributed by atoms with Gasteiger partial charge in [-0.2, -0.15) is 0 Å². The molecule has 4 aliphatic carbocycles. The number of rotatable bonds is 4. The van der Waals surface area contributed by atoms with E-state index in [9.17, 15) is 15.0 Å². The summed E-state index contributed by atoms with van der Waals surface area (Å²) < 4.78 is 5.76. The maximum absolute atomic E-state index is 11.3. The molecule has 2 N–H and O–H groups in total. The topological polar surface area (TPSA) is 66.8 Å². The van der Waals surface area contributed by atoms with Gasteiger partial charge in [0.1, 0.15) is 0 Å². The standard InChI is InChI=1S/C28H28O4/c1-32-26-24(28-13-16-6-17(14-28)8-18(7-16)15-28)11-23(12-25(26)29)21-3-2-20-10-22(27(30)31)5-4-19(20)9-21/h2-5,9-12,16-18,29H,6-8,13-15H2,1H3,(H,30,31). The van der Waals surface area contributed by atoms with Crippen LogP contribution in [0.5, 0.6) is 11.5 Å². The van der Waals surface area contributed by atoms with Gasteiger partial charge in [-0.1, -0.05) is 18.2 Å². The normalized spacial score (nSPS) is 28.2. The quantitative estimate of drug-likeness (QED) is 0.505. The van der Waals surface area contributed by atoms with Crippen molar-refractivity contribution >= 4 is 16.7 Å². The van der Waals surface area contributed by atoms with Gasteiger partial charge in [0.25, 0.3) is 0 Å². The monoisotopic (exact) mass is 428 g/mol. The van der Waals surface area contributed by atoms with E-state index in [1.54, 1.807) is 25.3 Å². The fourth-order valence-electron chi connectivity index (χ4n) is 7.39. The van der Waals surface area contributed by atoms with Gasteiger partial charge in [0.2, 0.25) is 0 Å². The van der Waals surface area contributed by atoms with Crippen LogP contribution < -0.4 is 4.74 Å². The molecule has 7 rings (SSSR count). The van der Waals surface area contributed by atoms with E-state index in [4.69, 9.17) is 4.74 Å². The average molecular weight is 429 g/mol. The number of carboxylic acid groups (broad SMARTS) is 1. The zero-order valence-electron chi connectivity index (χ0n) is 18.3. The van der Waals surface area contributed by atoms with Crippen molar-refractivity contribution in [3.8, 4) is 22.6 Å². The first-order valence-corrected chi connectivity index (χ1v) is 11.6. The Bertz CT molecular complexity index is 1210. The van der Waals surface area contributed by atoms with E-state index < -0.39 is 5.97 Å². The maximum atomic E-state index is 11.3. The number of hydrogen-bond donors (Lipinski definition) is 2. The van der Waals surface area contributed by atoms with E-state index in [1.165, 1.54) is 44.1 Å². The van der Waals surface area contributed by atoms with E-state index in [1.807, 2.05) is 18.2 Å². The number of carbonyl (C=O) groups is 1. The molecule has 4 fully saturated rings. The summed E-state index contributed by atoms with van der Waals surface area (Å²) in [5.74, 6) is 2.35. The Morgan fingerprint density at radius 3 is 2.12 bits per heavy atom. The second-order valence-electron chi connectivity index (χ2n) is 10.4. The van der Waals surface area contributed by atoms with Crippen molar-refractivity contribution in [3.63, 3.8) is 0 Å². The lowest BCUT2D eigenvalue weighted by Crippen LogP contribution is -2.48. The maximum Gasteiger partial charge on any atom is 0.335 e. The van der Waals surface area contributed by atoms with Gasteiger partial charge >= 0.3 is 5.97 Å². The largest absolute Gasteiger partial charge is 0.504 e. The van der Waals surface area contributed by atoms with Crippen molar-refractivity contribution in [2.45, 2.75) is 43.9 Å². The zero-order valence-corrected chi connectivity index (χ0v) is 18.3. The molecule has 3 aromatic rings. The Labute approximate surface area is 187 Å². The first kappa shape index (κ1) is 19.7. The number of phenols is 1. The lowest BCUT2D eigenvalue weighted by atomic mass is 9.48. The molecule has 0 radical (unpaired) electrons. The van der Waals surface area contributed by atoms with Crippen molar-refractivity contribution in [1.82, 2.24) is 0 Å². The van der Waals surface area contributed by atoms with E-state index in [0.29, 0.717) is 5.75 Å². The minimum Gasteiger partial charge on any atom is -0.504 e. The second-order valence-corrected chi connectivity index (χ2v) is 10.4. The molecule has 0 aromatic heterocycles. The van der Waals surface area contributed by atoms with Gasteiger partial charge in [0.05, 0.1) is 12.7 Å². The van der Waals surface area contributed by atoms with Crippen molar-refractivity contribution in [2.24, 2.45) is 17.8 Å².